The van der Waals surface area contributed by atoms with Crippen LogP contribution >= 0.6 is 0 Å². The summed E-state index contributed by atoms with van der Waals surface area (Å²) in [6.07, 6.45) is 15.8. The average molecular weight is 543 g/mol. The highest BCUT2D eigenvalue weighted by molar-refractivity contribution is 7.86. The zero-order chi connectivity index (χ0) is 27.3. The molecule has 0 saturated heterocycles. The lowest BCUT2D eigenvalue weighted by Crippen LogP contribution is -2.55. The van der Waals surface area contributed by atoms with E-state index in [1.807, 2.05) is 19.1 Å². The molecule has 38 heavy (non-hydrogen) atoms. The third kappa shape index (κ3) is 5.04. The van der Waals surface area contributed by atoms with E-state index in [0.29, 0.717) is 11.3 Å². The Morgan fingerprint density at radius 2 is 1.58 bits per heavy atom. The Balaban J connectivity index is 1.28. The van der Waals surface area contributed by atoms with Crippen molar-refractivity contribution < 1.29 is 12.6 Å². The van der Waals surface area contributed by atoms with Crippen molar-refractivity contribution >= 4 is 10.1 Å². The van der Waals surface area contributed by atoms with E-state index in [1.54, 1.807) is 12.1 Å². The number of fused-ring (bicyclic) bond motifs is 5. The Bertz CT molecular complexity index is 1060. The molecule has 214 valence electrons. The van der Waals surface area contributed by atoms with Crippen molar-refractivity contribution in [3.63, 3.8) is 0 Å². The average Bonchev–Trinajstić information content (AvgIpc) is 3.24. The van der Waals surface area contributed by atoms with Crippen molar-refractivity contribution in [2.75, 3.05) is 0 Å². The predicted molar refractivity (Wildman–Crippen MR) is 156 cm³/mol. The lowest BCUT2D eigenvalue weighted by atomic mass is 9.46. The van der Waals surface area contributed by atoms with Crippen LogP contribution in [0.1, 0.15) is 117 Å². The van der Waals surface area contributed by atoms with Gasteiger partial charge in [-0.05, 0) is 130 Å². The van der Waals surface area contributed by atoms with Gasteiger partial charge in [0.1, 0.15) is 0 Å². The maximum Gasteiger partial charge on any atom is 0.297 e. The molecule has 4 saturated carbocycles. The molecular formula is C34H54O3S. The van der Waals surface area contributed by atoms with E-state index in [2.05, 4.69) is 34.6 Å². The summed E-state index contributed by atoms with van der Waals surface area (Å²) in [5.74, 6) is 5.99. The second-order valence-corrected chi connectivity index (χ2v) is 16.1. The van der Waals surface area contributed by atoms with Crippen LogP contribution in [-0.4, -0.2) is 14.0 Å². The molecule has 0 heterocycles. The van der Waals surface area contributed by atoms with Crippen molar-refractivity contribution in [3.05, 3.63) is 29.8 Å². The van der Waals surface area contributed by atoms with E-state index < -0.39 is 15.7 Å². The highest BCUT2D eigenvalue weighted by Crippen LogP contribution is 2.67. The highest BCUT2D eigenvalue weighted by Gasteiger charge is 2.60. The fraction of sp³-hybridized carbons (Fsp3) is 0.824. The monoisotopic (exact) mass is 542 g/mol. The lowest BCUT2D eigenvalue weighted by Gasteiger charge is -2.60. The number of rotatable bonds is 8. The molecule has 1 aromatic carbocycles. The van der Waals surface area contributed by atoms with E-state index in [4.69, 9.17) is 4.18 Å². The van der Waals surface area contributed by atoms with Gasteiger partial charge < -0.3 is 0 Å². The molecule has 0 N–H and O–H groups in total. The summed E-state index contributed by atoms with van der Waals surface area (Å²) >= 11 is 0. The molecule has 1 aromatic rings. The summed E-state index contributed by atoms with van der Waals surface area (Å²) in [6, 6.07) is 7.09. The highest BCUT2D eigenvalue weighted by atomic mass is 32.2. The first kappa shape index (κ1) is 28.7. The number of unbranched alkanes of at least 4 members (excludes halogenated alkanes) is 2. The standard InChI is InChI=1S/C34H54O3S/c1-7-8-9-10-24(3)27-19-21-33(5)31(27)18-16-30-29-20-22-34(6,25(4)28(29)15-17-32(30)33)37-38(35,36)26-13-11-23(2)12-14-26/h11-14,24-25,27-32H,7-10,15-22H2,1-6H3/t24-,25-,27+,28+,29-,30-,31+,32+,33+,34-/m0/s1. The summed E-state index contributed by atoms with van der Waals surface area (Å²) in [7, 11) is -3.77. The second-order valence-electron chi connectivity index (χ2n) is 14.5. The zero-order valence-corrected chi connectivity index (χ0v) is 25.9. The fourth-order valence-electron chi connectivity index (χ4n) is 10.3. The van der Waals surface area contributed by atoms with Crippen molar-refractivity contribution in [1.29, 1.82) is 0 Å². The summed E-state index contributed by atoms with van der Waals surface area (Å²) in [6.45, 7) is 13.9. The van der Waals surface area contributed by atoms with Crippen LogP contribution in [0.25, 0.3) is 0 Å². The van der Waals surface area contributed by atoms with Gasteiger partial charge in [0.05, 0.1) is 10.5 Å². The normalized spacial score (nSPS) is 41.7. The summed E-state index contributed by atoms with van der Waals surface area (Å²) < 4.78 is 32.7. The molecule has 0 amide bonds. The number of aryl methyl sites for hydroxylation is 1. The molecule has 10 atom stereocenters. The SMILES string of the molecule is CCCCC[C@H](C)[C@H]1CC[C@@]2(C)[C@@H]3CC[C@H]4[C@H](CC[C@](C)(OS(=O)(=O)c5ccc(C)cc5)[C@H]4C)[C@@H]3CC[C@H]12. The van der Waals surface area contributed by atoms with Gasteiger partial charge in [0, 0.05) is 0 Å². The summed E-state index contributed by atoms with van der Waals surface area (Å²) in [5.41, 5.74) is 0.960. The smallest absolute Gasteiger partial charge is 0.260 e. The minimum absolute atomic E-state index is 0.253. The minimum Gasteiger partial charge on any atom is -0.260 e. The van der Waals surface area contributed by atoms with Crippen LogP contribution in [0, 0.1) is 59.7 Å². The van der Waals surface area contributed by atoms with Gasteiger partial charge in [-0.2, -0.15) is 8.42 Å². The molecule has 4 fully saturated rings. The maximum absolute atomic E-state index is 13.3. The Hall–Kier alpha value is -0.870. The molecule has 0 bridgehead atoms. The van der Waals surface area contributed by atoms with Gasteiger partial charge >= 0.3 is 0 Å². The predicted octanol–water partition coefficient (Wildman–Crippen LogP) is 9.19. The zero-order valence-electron chi connectivity index (χ0n) is 25.0. The van der Waals surface area contributed by atoms with Crippen LogP contribution in [0.5, 0.6) is 0 Å². The fourth-order valence-corrected chi connectivity index (χ4v) is 11.6. The molecule has 0 radical (unpaired) electrons. The van der Waals surface area contributed by atoms with Crippen LogP contribution in [-0.2, 0) is 14.3 Å². The topological polar surface area (TPSA) is 43.4 Å². The Morgan fingerprint density at radius 1 is 0.895 bits per heavy atom. The van der Waals surface area contributed by atoms with E-state index in [-0.39, 0.29) is 10.8 Å². The third-order valence-electron chi connectivity index (χ3n) is 12.6. The first-order valence-corrected chi connectivity index (χ1v) is 17.4. The van der Waals surface area contributed by atoms with Gasteiger partial charge in [0.15, 0.2) is 0 Å². The Morgan fingerprint density at radius 3 is 2.29 bits per heavy atom. The Kier molecular flexibility index (Phi) is 8.17. The van der Waals surface area contributed by atoms with Crippen LogP contribution in [0.4, 0.5) is 0 Å². The molecule has 0 unspecified atom stereocenters. The quantitative estimate of drug-likeness (QED) is 0.243. The van der Waals surface area contributed by atoms with Gasteiger partial charge in [-0.15, -0.1) is 0 Å². The van der Waals surface area contributed by atoms with Crippen LogP contribution in [0.15, 0.2) is 29.2 Å². The maximum atomic E-state index is 13.3. The van der Waals surface area contributed by atoms with Gasteiger partial charge in [0.2, 0.25) is 0 Å². The molecule has 4 aliphatic rings. The van der Waals surface area contributed by atoms with Gasteiger partial charge in [-0.1, -0.05) is 71.1 Å². The van der Waals surface area contributed by atoms with Crippen molar-refractivity contribution in [1.82, 2.24) is 0 Å². The first-order valence-electron chi connectivity index (χ1n) is 16.0. The van der Waals surface area contributed by atoms with Gasteiger partial charge in [0.25, 0.3) is 10.1 Å². The number of hydrogen-bond donors (Lipinski definition) is 0. The lowest BCUT2D eigenvalue weighted by molar-refractivity contribution is -0.128. The summed E-state index contributed by atoms with van der Waals surface area (Å²) in [5, 5.41) is 0. The van der Waals surface area contributed by atoms with Gasteiger partial charge in [-0.3, -0.25) is 4.18 Å². The molecule has 5 rings (SSSR count). The van der Waals surface area contributed by atoms with Crippen LogP contribution in [0.3, 0.4) is 0 Å². The molecular weight excluding hydrogens is 488 g/mol. The molecule has 3 nitrogen and oxygen atoms in total. The summed E-state index contributed by atoms with van der Waals surface area (Å²) in [4.78, 5) is 0.285. The minimum atomic E-state index is -3.77. The molecule has 4 aliphatic carbocycles. The van der Waals surface area contributed by atoms with Crippen molar-refractivity contribution in [2.24, 2.45) is 52.8 Å². The second kappa shape index (κ2) is 10.8. The largest absolute Gasteiger partial charge is 0.297 e. The number of hydrogen-bond acceptors (Lipinski definition) is 3. The van der Waals surface area contributed by atoms with Crippen molar-refractivity contribution in [2.45, 2.75) is 129 Å². The first-order chi connectivity index (χ1) is 18.0. The molecule has 4 heteroatoms. The number of benzene rings is 1. The molecule has 0 spiro atoms. The third-order valence-corrected chi connectivity index (χ3v) is 14.1. The van der Waals surface area contributed by atoms with E-state index in [0.717, 1.165) is 53.9 Å². The van der Waals surface area contributed by atoms with E-state index in [9.17, 15) is 8.42 Å². The van der Waals surface area contributed by atoms with Crippen LogP contribution in [0.2, 0.25) is 0 Å². The molecule has 0 aliphatic heterocycles. The van der Waals surface area contributed by atoms with E-state index >= 15 is 0 Å². The van der Waals surface area contributed by atoms with E-state index in [1.165, 1.54) is 64.2 Å². The van der Waals surface area contributed by atoms with Crippen molar-refractivity contribution in [3.8, 4) is 0 Å². The van der Waals surface area contributed by atoms with Gasteiger partial charge in [-0.25, -0.2) is 0 Å². The Labute approximate surface area is 234 Å². The van der Waals surface area contributed by atoms with Crippen LogP contribution < -0.4 is 0 Å². The molecule has 0 aromatic heterocycles.